The van der Waals surface area contributed by atoms with Gasteiger partial charge in [-0.2, -0.15) is 0 Å². The summed E-state index contributed by atoms with van der Waals surface area (Å²) in [5, 5.41) is 4.07. The second-order valence-corrected chi connectivity index (χ2v) is 12.1. The molecular weight excluding hydrogens is 603 g/mol. The third-order valence-corrected chi connectivity index (χ3v) is 8.90. The Morgan fingerprint density at radius 3 is 2.76 bits per heavy atom. The normalized spacial score (nSPS) is 19.4. The van der Waals surface area contributed by atoms with Crippen molar-refractivity contribution in [3.63, 3.8) is 0 Å². The fraction of sp³-hybridized carbons (Fsp3) is 0.375. The summed E-state index contributed by atoms with van der Waals surface area (Å²) in [7, 11) is 1.69. The summed E-state index contributed by atoms with van der Waals surface area (Å²) in [5.41, 5.74) is 3.45. The lowest BCUT2D eigenvalue weighted by Gasteiger charge is -2.32. The van der Waals surface area contributed by atoms with E-state index in [0.29, 0.717) is 40.9 Å². The molecule has 1 N–H and O–H groups in total. The van der Waals surface area contributed by atoms with Crippen LogP contribution in [0.3, 0.4) is 0 Å². The van der Waals surface area contributed by atoms with Gasteiger partial charge < -0.3 is 18.8 Å². The molecule has 1 fully saturated rings. The Morgan fingerprint density at radius 2 is 2.02 bits per heavy atom. The molecule has 3 aromatic heterocycles. The number of benzene rings is 2. The molecule has 11 nitrogen and oxygen atoms in total. The molecule has 2 unspecified atom stereocenters. The third kappa shape index (κ3) is 5.58. The van der Waals surface area contributed by atoms with Gasteiger partial charge in [0, 0.05) is 24.6 Å². The molecule has 5 aromatic rings. The minimum absolute atomic E-state index is 0.0344. The number of hydrogen-bond acceptors (Lipinski definition) is 9. The first-order valence-electron chi connectivity index (χ1n) is 14.8. The van der Waals surface area contributed by atoms with Gasteiger partial charge >= 0.3 is 5.76 Å². The van der Waals surface area contributed by atoms with E-state index in [4.69, 9.17) is 30.8 Å². The molecule has 45 heavy (non-hydrogen) atoms. The van der Waals surface area contributed by atoms with Crippen molar-refractivity contribution in [3.05, 3.63) is 87.0 Å². The second-order valence-electron chi connectivity index (χ2n) is 11.7. The number of aromatic nitrogens is 5. The van der Waals surface area contributed by atoms with Crippen molar-refractivity contribution >= 4 is 22.6 Å². The molecule has 2 atom stereocenters. The van der Waals surface area contributed by atoms with Crippen LogP contribution in [0.1, 0.15) is 49.6 Å². The van der Waals surface area contributed by atoms with Crippen molar-refractivity contribution < 1.29 is 23.1 Å². The number of halogens is 2. The van der Waals surface area contributed by atoms with Crippen LogP contribution >= 0.6 is 11.6 Å². The van der Waals surface area contributed by atoms with Crippen molar-refractivity contribution in [2.24, 2.45) is 0 Å². The number of hydrogen-bond donors (Lipinski definition) is 1. The number of fused-ring (bicyclic) bond motifs is 2. The summed E-state index contributed by atoms with van der Waals surface area (Å²) in [5.74, 6) is 0.280. The molecule has 7 rings (SSSR count). The van der Waals surface area contributed by atoms with E-state index in [0.717, 1.165) is 48.4 Å². The first-order chi connectivity index (χ1) is 21.7. The Kier molecular flexibility index (Phi) is 7.58. The van der Waals surface area contributed by atoms with Gasteiger partial charge in [-0.25, -0.2) is 14.2 Å². The Morgan fingerprint density at radius 1 is 1.20 bits per heavy atom. The standard InChI is InChI=1S/C32H32ClFN6O5/c1-18(42-3)16-40-26-15-35-25(30-37-31(41)45-38-30)14-24(26)36-28(40)17-39-11-9-19(10-12-39)21-5-4-6-27-29(21)44-32(2,43-27)22-8-7-20(33)13-23(22)34/h4-8,13-15,18-19H,9-12,16-17H2,1-3H3,(H,37,38,41). The number of ether oxygens (including phenoxy) is 3. The lowest BCUT2D eigenvalue weighted by atomic mass is 9.88. The summed E-state index contributed by atoms with van der Waals surface area (Å²) >= 11 is 5.98. The maximum atomic E-state index is 14.8. The highest BCUT2D eigenvalue weighted by molar-refractivity contribution is 6.30. The third-order valence-electron chi connectivity index (χ3n) is 8.66. The van der Waals surface area contributed by atoms with Gasteiger partial charge in [-0.15, -0.1) is 0 Å². The van der Waals surface area contributed by atoms with Gasteiger partial charge in [0.2, 0.25) is 5.82 Å². The van der Waals surface area contributed by atoms with Gasteiger partial charge in [0.15, 0.2) is 11.5 Å². The highest BCUT2D eigenvalue weighted by atomic mass is 35.5. The van der Waals surface area contributed by atoms with Crippen molar-refractivity contribution in [2.45, 2.75) is 57.6 Å². The molecule has 13 heteroatoms. The van der Waals surface area contributed by atoms with E-state index in [1.54, 1.807) is 38.4 Å². The second kappa shape index (κ2) is 11.6. The Labute approximate surface area is 262 Å². The van der Waals surface area contributed by atoms with Crippen molar-refractivity contribution in [1.29, 1.82) is 0 Å². The predicted molar refractivity (Wildman–Crippen MR) is 164 cm³/mol. The van der Waals surface area contributed by atoms with E-state index in [9.17, 15) is 9.18 Å². The number of imidazole rings is 1. The molecule has 1 saturated heterocycles. The molecule has 2 aromatic carbocycles. The molecule has 0 amide bonds. The van der Waals surface area contributed by atoms with Crippen molar-refractivity contribution in [2.75, 3.05) is 20.2 Å². The molecule has 0 saturated carbocycles. The van der Waals surface area contributed by atoms with Gasteiger partial charge in [0.05, 0.1) is 42.0 Å². The van der Waals surface area contributed by atoms with Crippen LogP contribution in [0.2, 0.25) is 5.02 Å². The summed E-state index contributed by atoms with van der Waals surface area (Å²) in [4.78, 5) is 25.9. The van der Waals surface area contributed by atoms with Gasteiger partial charge in [-0.1, -0.05) is 28.9 Å². The van der Waals surface area contributed by atoms with E-state index < -0.39 is 17.4 Å². The van der Waals surface area contributed by atoms with E-state index in [1.807, 2.05) is 19.1 Å². The molecular formula is C32H32ClFN6O5. The monoisotopic (exact) mass is 634 g/mol. The van der Waals surface area contributed by atoms with E-state index in [2.05, 4.69) is 35.2 Å². The topological polar surface area (TPSA) is 121 Å². The zero-order chi connectivity index (χ0) is 31.3. The van der Waals surface area contributed by atoms with Crippen molar-refractivity contribution in [1.82, 2.24) is 29.6 Å². The Balaban J connectivity index is 1.09. The first-order valence-corrected chi connectivity index (χ1v) is 15.2. The molecule has 2 aliphatic heterocycles. The number of nitrogens with zero attached hydrogens (tertiary/aromatic N) is 5. The van der Waals surface area contributed by atoms with Crippen LogP contribution in [0.25, 0.3) is 22.6 Å². The summed E-state index contributed by atoms with van der Waals surface area (Å²) in [6.45, 7) is 6.70. The maximum absolute atomic E-state index is 14.8. The van der Waals surface area contributed by atoms with Gasteiger partial charge in [0.1, 0.15) is 17.3 Å². The summed E-state index contributed by atoms with van der Waals surface area (Å²) in [6, 6.07) is 12.2. The maximum Gasteiger partial charge on any atom is 0.439 e. The molecule has 0 aliphatic carbocycles. The van der Waals surface area contributed by atoms with Gasteiger partial charge in [-0.05, 0) is 69.1 Å². The highest BCUT2D eigenvalue weighted by Gasteiger charge is 2.43. The van der Waals surface area contributed by atoms with Gasteiger partial charge in [-0.3, -0.25) is 19.4 Å². The molecule has 0 spiro atoms. The van der Waals surface area contributed by atoms with Crippen LogP contribution in [0.4, 0.5) is 4.39 Å². The fourth-order valence-corrected chi connectivity index (χ4v) is 6.40. The lowest BCUT2D eigenvalue weighted by molar-refractivity contribution is -0.0712. The minimum atomic E-state index is -1.29. The van der Waals surface area contributed by atoms with E-state index in [-0.39, 0.29) is 17.8 Å². The average molecular weight is 635 g/mol. The number of pyridine rings is 1. The van der Waals surface area contributed by atoms with Crippen LogP contribution in [-0.4, -0.2) is 55.9 Å². The summed E-state index contributed by atoms with van der Waals surface area (Å²) in [6.07, 6.45) is 3.52. The van der Waals surface area contributed by atoms with E-state index in [1.165, 1.54) is 6.07 Å². The fourth-order valence-electron chi connectivity index (χ4n) is 6.24. The lowest BCUT2D eigenvalue weighted by Crippen LogP contribution is -2.34. The quantitative estimate of drug-likeness (QED) is 0.232. The number of piperidine rings is 1. The predicted octanol–water partition coefficient (Wildman–Crippen LogP) is 5.63. The van der Waals surface area contributed by atoms with E-state index >= 15 is 0 Å². The number of rotatable bonds is 8. The molecule has 234 valence electrons. The Hall–Kier alpha value is -4.26. The van der Waals surface area contributed by atoms with Crippen LogP contribution < -0.4 is 15.2 Å². The van der Waals surface area contributed by atoms with Crippen LogP contribution in [0, 0.1) is 5.82 Å². The zero-order valence-corrected chi connectivity index (χ0v) is 25.8. The first kappa shape index (κ1) is 29.5. The largest absolute Gasteiger partial charge is 0.444 e. The Bertz CT molecular complexity index is 1930. The van der Waals surface area contributed by atoms with Crippen LogP contribution in [0.15, 0.2) is 58.0 Å². The molecule has 0 radical (unpaired) electrons. The molecule has 5 heterocycles. The molecule has 2 aliphatic rings. The highest BCUT2D eigenvalue weighted by Crippen LogP contribution is 2.49. The minimum Gasteiger partial charge on any atom is -0.444 e. The molecule has 0 bridgehead atoms. The number of H-pyrrole nitrogens is 1. The number of nitrogens with one attached hydrogen (secondary N) is 1. The SMILES string of the molecule is COC(C)Cn1c(CN2CCC(c3cccc4c3OC(C)(c3ccc(Cl)cc3F)O4)CC2)nc2cc(-c3noc(=O)[nH]3)ncc21. The number of methoxy groups -OCH3 is 1. The smallest absolute Gasteiger partial charge is 0.439 e. The van der Waals surface area contributed by atoms with Crippen molar-refractivity contribution in [3.8, 4) is 23.0 Å². The number of para-hydroxylation sites is 1. The van der Waals surface area contributed by atoms with Crippen LogP contribution in [-0.2, 0) is 23.6 Å². The number of aromatic amines is 1. The summed E-state index contributed by atoms with van der Waals surface area (Å²) < 4.78 is 39.8. The zero-order valence-electron chi connectivity index (χ0n) is 25.0. The van der Waals surface area contributed by atoms with Gasteiger partial charge in [0.25, 0.3) is 5.79 Å². The number of likely N-dealkylation sites (tertiary alicyclic amines) is 1. The van der Waals surface area contributed by atoms with Crippen LogP contribution in [0.5, 0.6) is 11.5 Å². The average Bonchev–Trinajstić information content (AvgIpc) is 3.71.